The van der Waals surface area contributed by atoms with Crippen molar-refractivity contribution in [1.29, 1.82) is 0 Å². The molecule has 1 atom stereocenters. The Morgan fingerprint density at radius 2 is 2.24 bits per heavy atom. The third-order valence-electron chi connectivity index (χ3n) is 2.49. The van der Waals surface area contributed by atoms with Gasteiger partial charge in [-0.2, -0.15) is 4.31 Å². The van der Waals surface area contributed by atoms with E-state index in [2.05, 4.69) is 0 Å². The molecule has 1 aromatic rings. The number of rotatable bonds is 6. The second kappa shape index (κ2) is 5.92. The Bertz CT molecular complexity index is 455. The van der Waals surface area contributed by atoms with Gasteiger partial charge in [-0.15, -0.1) is 11.3 Å². The van der Waals surface area contributed by atoms with Gasteiger partial charge in [-0.05, 0) is 13.0 Å². The van der Waals surface area contributed by atoms with Crippen LogP contribution in [-0.2, 0) is 21.4 Å². The summed E-state index contributed by atoms with van der Waals surface area (Å²) in [4.78, 5) is 0.855. The number of methoxy groups -OCH3 is 1. The predicted octanol–water partition coefficient (Wildman–Crippen LogP) is 0.896. The highest BCUT2D eigenvalue weighted by molar-refractivity contribution is 7.89. The highest BCUT2D eigenvalue weighted by Gasteiger charge is 2.26. The molecule has 17 heavy (non-hydrogen) atoms. The minimum atomic E-state index is -3.50. The van der Waals surface area contributed by atoms with Crippen molar-refractivity contribution in [1.82, 2.24) is 4.31 Å². The molecule has 0 radical (unpaired) electrons. The van der Waals surface area contributed by atoms with Crippen LogP contribution in [0.4, 0.5) is 0 Å². The van der Waals surface area contributed by atoms with Gasteiger partial charge >= 0.3 is 0 Å². The summed E-state index contributed by atoms with van der Waals surface area (Å²) in [7, 11) is -0.441. The molecule has 7 heteroatoms. The number of aliphatic hydroxyl groups excluding tert-OH is 1. The molecule has 1 unspecified atom stereocenters. The Morgan fingerprint density at radius 3 is 2.71 bits per heavy atom. The van der Waals surface area contributed by atoms with Crippen LogP contribution in [0, 0.1) is 0 Å². The van der Waals surface area contributed by atoms with Crippen molar-refractivity contribution < 1.29 is 18.3 Å². The van der Waals surface area contributed by atoms with Gasteiger partial charge in [0.05, 0.1) is 18.1 Å². The van der Waals surface area contributed by atoms with E-state index in [-0.39, 0.29) is 17.5 Å². The van der Waals surface area contributed by atoms with E-state index in [1.807, 2.05) is 0 Å². The van der Waals surface area contributed by atoms with Crippen LogP contribution >= 0.6 is 11.3 Å². The van der Waals surface area contributed by atoms with Crippen molar-refractivity contribution in [2.75, 3.05) is 20.8 Å². The second-order valence-corrected chi connectivity index (χ2v) is 6.73. The maximum atomic E-state index is 12.2. The highest BCUT2D eigenvalue weighted by atomic mass is 32.2. The highest BCUT2D eigenvalue weighted by Crippen LogP contribution is 2.23. The minimum absolute atomic E-state index is 0.141. The van der Waals surface area contributed by atoms with Crippen LogP contribution in [0.5, 0.6) is 0 Å². The molecule has 1 heterocycles. The Labute approximate surface area is 106 Å². The smallest absolute Gasteiger partial charge is 0.243 e. The summed E-state index contributed by atoms with van der Waals surface area (Å²) >= 11 is 1.23. The van der Waals surface area contributed by atoms with Gasteiger partial charge in [0.15, 0.2) is 0 Å². The van der Waals surface area contributed by atoms with Gasteiger partial charge in [-0.25, -0.2) is 8.42 Å². The van der Waals surface area contributed by atoms with Gasteiger partial charge in [0, 0.05) is 30.5 Å². The molecule has 0 aromatic carbocycles. The summed E-state index contributed by atoms with van der Waals surface area (Å²) in [5.41, 5.74) is 0. The number of thiophene rings is 1. The summed E-state index contributed by atoms with van der Waals surface area (Å²) in [5.74, 6) is 0. The first-order valence-electron chi connectivity index (χ1n) is 5.08. The molecule has 5 nitrogen and oxygen atoms in total. The number of sulfonamides is 1. The summed E-state index contributed by atoms with van der Waals surface area (Å²) < 4.78 is 30.6. The Balaban J connectivity index is 2.94. The lowest BCUT2D eigenvalue weighted by molar-refractivity contribution is 0.149. The van der Waals surface area contributed by atoms with Gasteiger partial charge in [0.2, 0.25) is 10.0 Å². The van der Waals surface area contributed by atoms with Crippen molar-refractivity contribution >= 4 is 21.4 Å². The molecular formula is C10H17NO4S2. The van der Waals surface area contributed by atoms with E-state index >= 15 is 0 Å². The lowest BCUT2D eigenvalue weighted by Crippen LogP contribution is -2.37. The fraction of sp³-hybridized carbons (Fsp3) is 0.600. The lowest BCUT2D eigenvalue weighted by Gasteiger charge is -2.22. The molecule has 0 fully saturated rings. The average molecular weight is 279 g/mol. The number of hydrogen-bond acceptors (Lipinski definition) is 5. The maximum absolute atomic E-state index is 12.2. The lowest BCUT2D eigenvalue weighted by atomic mass is 10.4. The van der Waals surface area contributed by atoms with Crippen LogP contribution in [-0.4, -0.2) is 44.6 Å². The van der Waals surface area contributed by atoms with Gasteiger partial charge in [0.1, 0.15) is 0 Å². The van der Waals surface area contributed by atoms with E-state index in [1.165, 1.54) is 41.2 Å². The first-order valence-corrected chi connectivity index (χ1v) is 7.40. The number of hydrogen-bond donors (Lipinski definition) is 1. The van der Waals surface area contributed by atoms with Crippen LogP contribution in [0.15, 0.2) is 16.3 Å². The fourth-order valence-electron chi connectivity index (χ4n) is 1.33. The van der Waals surface area contributed by atoms with Crippen LogP contribution in [0.2, 0.25) is 0 Å². The molecule has 1 rings (SSSR count). The number of nitrogens with zero attached hydrogens (tertiary/aromatic N) is 1. The number of aliphatic hydroxyl groups is 1. The van der Waals surface area contributed by atoms with Gasteiger partial charge in [0.25, 0.3) is 0 Å². The van der Waals surface area contributed by atoms with E-state index < -0.39 is 10.0 Å². The summed E-state index contributed by atoms with van der Waals surface area (Å²) in [6.45, 7) is 1.98. The molecule has 0 amide bonds. The summed E-state index contributed by atoms with van der Waals surface area (Å²) in [5, 5.41) is 10.5. The molecule has 0 aliphatic rings. The van der Waals surface area contributed by atoms with Crippen molar-refractivity contribution in [2.45, 2.75) is 24.5 Å². The van der Waals surface area contributed by atoms with Gasteiger partial charge < -0.3 is 9.84 Å². The molecule has 0 aliphatic carbocycles. The second-order valence-electron chi connectivity index (χ2n) is 3.73. The number of ether oxygens (including phenoxy) is 1. The molecule has 1 N–H and O–H groups in total. The van der Waals surface area contributed by atoms with E-state index in [9.17, 15) is 8.42 Å². The molecule has 98 valence electrons. The molecule has 0 saturated carbocycles. The van der Waals surface area contributed by atoms with E-state index in [0.29, 0.717) is 11.5 Å². The first kappa shape index (κ1) is 14.6. The fourth-order valence-corrected chi connectivity index (χ4v) is 3.80. The average Bonchev–Trinajstić information content (AvgIpc) is 2.77. The van der Waals surface area contributed by atoms with E-state index in [0.717, 1.165) is 0 Å². The van der Waals surface area contributed by atoms with E-state index in [1.54, 1.807) is 6.92 Å². The third-order valence-corrected chi connectivity index (χ3v) is 5.51. The number of likely N-dealkylation sites (N-methyl/N-ethyl adjacent to an activating group) is 1. The predicted molar refractivity (Wildman–Crippen MR) is 66.5 cm³/mol. The van der Waals surface area contributed by atoms with Crippen LogP contribution in [0.3, 0.4) is 0 Å². The largest absolute Gasteiger partial charge is 0.391 e. The summed E-state index contributed by atoms with van der Waals surface area (Å²) in [6, 6.07) is 1.26. The molecule has 0 saturated heterocycles. The Kier molecular flexibility index (Phi) is 5.08. The molecule has 0 bridgehead atoms. The van der Waals surface area contributed by atoms with Crippen molar-refractivity contribution in [3.63, 3.8) is 0 Å². The van der Waals surface area contributed by atoms with Crippen LogP contribution in [0.25, 0.3) is 0 Å². The van der Waals surface area contributed by atoms with Crippen LogP contribution < -0.4 is 0 Å². The van der Waals surface area contributed by atoms with Crippen molar-refractivity contribution in [3.8, 4) is 0 Å². The Hall–Kier alpha value is -0.470. The zero-order valence-electron chi connectivity index (χ0n) is 10.1. The monoisotopic (exact) mass is 279 g/mol. The van der Waals surface area contributed by atoms with Gasteiger partial charge in [-0.3, -0.25) is 0 Å². The molecule has 0 aliphatic heterocycles. The van der Waals surface area contributed by atoms with Crippen molar-refractivity contribution in [3.05, 3.63) is 16.3 Å². The minimum Gasteiger partial charge on any atom is -0.391 e. The normalized spacial score (nSPS) is 14.2. The zero-order valence-corrected chi connectivity index (χ0v) is 11.7. The Morgan fingerprint density at radius 1 is 1.59 bits per heavy atom. The third kappa shape index (κ3) is 3.26. The van der Waals surface area contributed by atoms with Crippen molar-refractivity contribution in [2.24, 2.45) is 0 Å². The van der Waals surface area contributed by atoms with Gasteiger partial charge in [-0.1, -0.05) is 0 Å². The zero-order chi connectivity index (χ0) is 13.1. The summed E-state index contributed by atoms with van der Waals surface area (Å²) in [6.07, 6.45) is 0. The standard InChI is InChI=1S/C10H17NO4S2/c1-8(6-15-3)11(2)17(13,14)10-4-9(5-12)16-7-10/h4,7-8,12H,5-6H2,1-3H3. The molecular weight excluding hydrogens is 262 g/mol. The SMILES string of the molecule is COCC(C)N(C)S(=O)(=O)c1csc(CO)c1. The topological polar surface area (TPSA) is 66.8 Å². The quantitative estimate of drug-likeness (QED) is 0.840. The van der Waals surface area contributed by atoms with E-state index in [4.69, 9.17) is 9.84 Å². The first-order chi connectivity index (χ1) is 7.93. The molecule has 0 spiro atoms. The van der Waals surface area contributed by atoms with Crippen LogP contribution in [0.1, 0.15) is 11.8 Å². The maximum Gasteiger partial charge on any atom is 0.243 e. The molecule has 1 aromatic heterocycles.